The Morgan fingerprint density at radius 3 is 2.50 bits per heavy atom. The van der Waals surface area contributed by atoms with Gasteiger partial charge in [0.2, 0.25) is 0 Å². The van der Waals surface area contributed by atoms with E-state index in [1.807, 2.05) is 31.2 Å². The Bertz CT molecular complexity index is 1070. The molecule has 1 heterocycles. The van der Waals surface area contributed by atoms with Crippen molar-refractivity contribution in [2.24, 2.45) is 0 Å². The Kier molecular flexibility index (Phi) is 6.79. The van der Waals surface area contributed by atoms with E-state index in [2.05, 4.69) is 70.0 Å². The van der Waals surface area contributed by atoms with E-state index in [4.69, 9.17) is 0 Å². The smallest absolute Gasteiger partial charge is 0.266 e. The fourth-order valence-electron chi connectivity index (χ4n) is 5.07. The number of carbonyl (C=O) groups is 1. The minimum atomic E-state index is -0.383. The number of nitrogens with zero attached hydrogens (tertiary/aromatic N) is 2. The van der Waals surface area contributed by atoms with E-state index in [0.29, 0.717) is 17.6 Å². The van der Waals surface area contributed by atoms with Gasteiger partial charge in [0.05, 0.1) is 0 Å². The fraction of sp³-hybridized carbons (Fsp3) is 0.429. The summed E-state index contributed by atoms with van der Waals surface area (Å²) >= 11 is 0. The predicted molar refractivity (Wildman–Crippen MR) is 134 cm³/mol. The average Bonchev–Trinajstić information content (AvgIpc) is 2.72. The number of amides is 1. The second-order valence-corrected chi connectivity index (χ2v) is 9.82. The monoisotopic (exact) mass is 429 g/mol. The van der Waals surface area contributed by atoms with E-state index >= 15 is 0 Å². The summed E-state index contributed by atoms with van der Waals surface area (Å²) in [6, 6.07) is 14.6. The third-order valence-corrected chi connectivity index (χ3v) is 6.47. The van der Waals surface area contributed by atoms with Gasteiger partial charge in [-0.1, -0.05) is 26.0 Å². The van der Waals surface area contributed by atoms with E-state index in [1.54, 1.807) is 6.08 Å². The van der Waals surface area contributed by atoms with E-state index in [0.717, 1.165) is 24.0 Å². The molecule has 168 valence electrons. The van der Waals surface area contributed by atoms with Crippen LogP contribution in [0, 0.1) is 18.3 Å². The van der Waals surface area contributed by atoms with Crippen molar-refractivity contribution in [1.82, 2.24) is 0 Å². The number of hydrogen-bond acceptors (Lipinski definition) is 3. The number of nitrogens with one attached hydrogen (secondary N) is 1. The van der Waals surface area contributed by atoms with Gasteiger partial charge in [0.1, 0.15) is 11.6 Å². The molecular formula is C28H35N3O. The maximum atomic E-state index is 12.8. The molecule has 0 aliphatic carbocycles. The molecule has 1 aliphatic rings. The molecule has 1 atom stereocenters. The second-order valence-electron chi connectivity index (χ2n) is 9.82. The number of nitriles is 1. The molecule has 1 amide bonds. The number of benzene rings is 2. The van der Waals surface area contributed by atoms with Gasteiger partial charge in [-0.2, -0.15) is 5.26 Å². The molecule has 4 heteroatoms. The first-order valence-corrected chi connectivity index (χ1v) is 11.5. The summed E-state index contributed by atoms with van der Waals surface area (Å²) in [6.45, 7) is 15.5. The Morgan fingerprint density at radius 2 is 1.94 bits per heavy atom. The van der Waals surface area contributed by atoms with E-state index in [9.17, 15) is 10.1 Å². The lowest BCUT2D eigenvalue weighted by atomic mass is 9.78. The van der Waals surface area contributed by atoms with Gasteiger partial charge in [-0.3, -0.25) is 4.79 Å². The molecule has 32 heavy (non-hydrogen) atoms. The topological polar surface area (TPSA) is 56.1 Å². The highest BCUT2D eigenvalue weighted by Crippen LogP contribution is 2.45. The summed E-state index contributed by atoms with van der Waals surface area (Å²) < 4.78 is 0. The lowest BCUT2D eigenvalue weighted by molar-refractivity contribution is -0.112. The van der Waals surface area contributed by atoms with Crippen LogP contribution in [0.15, 0.2) is 42.0 Å². The molecule has 0 unspecified atom stereocenters. The molecule has 0 saturated carbocycles. The molecule has 3 rings (SSSR count). The van der Waals surface area contributed by atoms with Crippen molar-refractivity contribution in [3.05, 3.63) is 64.2 Å². The standard InChI is InChI=1S/C28H35N3O/c1-8-21-9-11-24(12-10-21)30-27(32)23(17-29)14-22-15-25-20(5)16-28(6,7)31(18(2)3)26(25)13-19(22)4/h9-15,18,20H,8,16H2,1-7H3,(H,30,32)/b23-14-/t20-/m1/s1. The van der Waals surface area contributed by atoms with Gasteiger partial charge in [-0.05, 0) is 106 Å². The molecule has 0 aromatic heterocycles. The number of anilines is 2. The normalized spacial score (nSPS) is 17.7. The zero-order valence-electron chi connectivity index (χ0n) is 20.4. The van der Waals surface area contributed by atoms with Gasteiger partial charge in [-0.25, -0.2) is 0 Å². The zero-order chi connectivity index (χ0) is 23.6. The van der Waals surface area contributed by atoms with Gasteiger partial charge in [-0.15, -0.1) is 0 Å². The average molecular weight is 430 g/mol. The quantitative estimate of drug-likeness (QED) is 0.430. The molecule has 0 radical (unpaired) electrons. The van der Waals surface area contributed by atoms with Crippen molar-refractivity contribution in [2.45, 2.75) is 78.8 Å². The number of hydrogen-bond donors (Lipinski definition) is 1. The van der Waals surface area contributed by atoms with E-state index in [1.165, 1.54) is 16.8 Å². The van der Waals surface area contributed by atoms with Gasteiger partial charge in [0.15, 0.2) is 0 Å². The highest BCUT2D eigenvalue weighted by atomic mass is 16.1. The van der Waals surface area contributed by atoms with Crippen LogP contribution >= 0.6 is 0 Å². The summed E-state index contributed by atoms with van der Waals surface area (Å²) in [5.74, 6) is 0.0195. The summed E-state index contributed by atoms with van der Waals surface area (Å²) in [5.41, 5.74) is 6.61. The van der Waals surface area contributed by atoms with Crippen LogP contribution in [0.5, 0.6) is 0 Å². The van der Waals surface area contributed by atoms with Crippen molar-refractivity contribution >= 4 is 23.4 Å². The zero-order valence-corrected chi connectivity index (χ0v) is 20.4. The van der Waals surface area contributed by atoms with Crippen molar-refractivity contribution in [1.29, 1.82) is 5.26 Å². The lowest BCUT2D eigenvalue weighted by Gasteiger charge is -2.50. The molecule has 2 aromatic rings. The number of carbonyl (C=O) groups excluding carboxylic acids is 1. The molecule has 0 bridgehead atoms. The first-order valence-electron chi connectivity index (χ1n) is 11.5. The predicted octanol–water partition coefficient (Wildman–Crippen LogP) is 6.60. The maximum Gasteiger partial charge on any atom is 0.266 e. The number of rotatable bonds is 5. The van der Waals surface area contributed by atoms with Crippen molar-refractivity contribution in [3.8, 4) is 6.07 Å². The minimum absolute atomic E-state index is 0.0788. The van der Waals surface area contributed by atoms with Crippen molar-refractivity contribution in [3.63, 3.8) is 0 Å². The van der Waals surface area contributed by atoms with E-state index in [-0.39, 0.29) is 17.0 Å². The molecule has 0 fully saturated rings. The molecule has 1 N–H and O–H groups in total. The minimum Gasteiger partial charge on any atom is -0.364 e. The van der Waals surface area contributed by atoms with Crippen LogP contribution in [0.1, 0.15) is 76.1 Å². The van der Waals surface area contributed by atoms with Crippen LogP contribution in [0.25, 0.3) is 6.08 Å². The molecule has 2 aromatic carbocycles. The molecule has 4 nitrogen and oxygen atoms in total. The Balaban J connectivity index is 1.95. The third kappa shape index (κ3) is 4.72. The van der Waals surface area contributed by atoms with Gasteiger partial charge >= 0.3 is 0 Å². The molecule has 1 aliphatic heterocycles. The first-order chi connectivity index (χ1) is 15.1. The number of aryl methyl sites for hydroxylation is 2. The van der Waals surface area contributed by atoms with Crippen LogP contribution in [0.4, 0.5) is 11.4 Å². The third-order valence-electron chi connectivity index (χ3n) is 6.47. The lowest BCUT2D eigenvalue weighted by Crippen LogP contribution is -2.51. The van der Waals surface area contributed by atoms with Crippen LogP contribution < -0.4 is 10.2 Å². The molecule has 0 spiro atoms. The van der Waals surface area contributed by atoms with Crippen molar-refractivity contribution < 1.29 is 4.79 Å². The SMILES string of the molecule is CCc1ccc(NC(=O)/C(C#N)=C\c2cc3c(cc2C)N(C(C)C)C(C)(C)C[C@H]3C)cc1. The Hall–Kier alpha value is -3.06. The first kappa shape index (κ1) is 23.6. The summed E-state index contributed by atoms with van der Waals surface area (Å²) in [6.07, 6.45) is 3.72. The highest BCUT2D eigenvalue weighted by molar-refractivity contribution is 6.09. The second kappa shape index (κ2) is 9.20. The fourth-order valence-corrected chi connectivity index (χ4v) is 5.07. The summed E-state index contributed by atoms with van der Waals surface area (Å²) in [4.78, 5) is 15.3. The summed E-state index contributed by atoms with van der Waals surface area (Å²) in [5, 5.41) is 12.5. The van der Waals surface area contributed by atoms with Crippen LogP contribution in [-0.2, 0) is 11.2 Å². The molecular weight excluding hydrogens is 394 g/mol. The van der Waals surface area contributed by atoms with Crippen LogP contribution in [0.3, 0.4) is 0 Å². The summed E-state index contributed by atoms with van der Waals surface area (Å²) in [7, 11) is 0. The Morgan fingerprint density at radius 1 is 1.28 bits per heavy atom. The van der Waals surface area contributed by atoms with Gasteiger partial charge < -0.3 is 10.2 Å². The largest absolute Gasteiger partial charge is 0.364 e. The van der Waals surface area contributed by atoms with Gasteiger partial charge in [0, 0.05) is 23.0 Å². The molecule has 0 saturated heterocycles. The highest BCUT2D eigenvalue weighted by Gasteiger charge is 2.37. The Labute approximate surface area is 192 Å². The van der Waals surface area contributed by atoms with Crippen molar-refractivity contribution in [2.75, 3.05) is 10.2 Å². The van der Waals surface area contributed by atoms with Crippen LogP contribution in [-0.4, -0.2) is 17.5 Å². The van der Waals surface area contributed by atoms with E-state index < -0.39 is 0 Å². The van der Waals surface area contributed by atoms with Crippen LogP contribution in [0.2, 0.25) is 0 Å². The maximum absolute atomic E-state index is 12.8. The number of fused-ring (bicyclic) bond motifs is 1. The van der Waals surface area contributed by atoms with Gasteiger partial charge in [0.25, 0.3) is 5.91 Å².